The van der Waals surface area contributed by atoms with E-state index in [0.717, 1.165) is 44.7 Å². The van der Waals surface area contributed by atoms with Crippen LogP contribution in [0.15, 0.2) is 18.2 Å². The molecule has 1 saturated heterocycles. The fourth-order valence-corrected chi connectivity index (χ4v) is 3.80. The van der Waals surface area contributed by atoms with E-state index in [-0.39, 0.29) is 5.92 Å². The van der Waals surface area contributed by atoms with Gasteiger partial charge in [-0.2, -0.15) is 5.26 Å². The summed E-state index contributed by atoms with van der Waals surface area (Å²) in [5, 5.41) is 9.44. The van der Waals surface area contributed by atoms with Gasteiger partial charge < -0.3 is 9.80 Å². The SMILES string of the molecule is N#Cc1ccc(N2CCN(C(=O)C3CCCCC3)CC2)cc1Cl. The maximum Gasteiger partial charge on any atom is 0.225 e. The van der Waals surface area contributed by atoms with Crippen LogP contribution in [0.1, 0.15) is 37.7 Å². The van der Waals surface area contributed by atoms with Crippen LogP contribution in [-0.4, -0.2) is 37.0 Å². The second kappa shape index (κ2) is 7.23. The average molecular weight is 332 g/mol. The summed E-state index contributed by atoms with van der Waals surface area (Å²) in [5.41, 5.74) is 1.53. The van der Waals surface area contributed by atoms with Gasteiger partial charge in [-0.1, -0.05) is 30.9 Å². The number of nitriles is 1. The number of piperazine rings is 1. The Balaban J connectivity index is 1.59. The molecule has 4 nitrogen and oxygen atoms in total. The molecule has 0 aromatic heterocycles. The lowest BCUT2D eigenvalue weighted by Gasteiger charge is -2.38. The van der Waals surface area contributed by atoms with Crippen LogP contribution in [-0.2, 0) is 4.79 Å². The van der Waals surface area contributed by atoms with Crippen molar-refractivity contribution < 1.29 is 4.79 Å². The summed E-state index contributed by atoms with van der Waals surface area (Å²) in [6, 6.07) is 7.62. The molecule has 1 aliphatic heterocycles. The molecule has 1 aromatic rings. The first-order valence-electron chi connectivity index (χ1n) is 8.42. The highest BCUT2D eigenvalue weighted by molar-refractivity contribution is 6.32. The summed E-state index contributed by atoms with van der Waals surface area (Å²) in [6.45, 7) is 3.18. The third-order valence-corrected chi connectivity index (χ3v) is 5.30. The molecule has 2 fully saturated rings. The molecule has 1 aromatic carbocycles. The van der Waals surface area contributed by atoms with E-state index in [4.69, 9.17) is 16.9 Å². The van der Waals surface area contributed by atoms with E-state index in [0.29, 0.717) is 16.5 Å². The zero-order chi connectivity index (χ0) is 16.2. The van der Waals surface area contributed by atoms with Crippen LogP contribution in [0.4, 0.5) is 5.69 Å². The van der Waals surface area contributed by atoms with Crippen LogP contribution in [0.25, 0.3) is 0 Å². The van der Waals surface area contributed by atoms with Gasteiger partial charge in [-0.05, 0) is 31.0 Å². The van der Waals surface area contributed by atoms with Crippen molar-refractivity contribution in [2.45, 2.75) is 32.1 Å². The van der Waals surface area contributed by atoms with Gasteiger partial charge in [0.1, 0.15) is 6.07 Å². The summed E-state index contributed by atoms with van der Waals surface area (Å²) < 4.78 is 0. The molecule has 2 aliphatic rings. The summed E-state index contributed by atoms with van der Waals surface area (Å²) in [4.78, 5) is 16.8. The molecule has 1 amide bonds. The highest BCUT2D eigenvalue weighted by Crippen LogP contribution is 2.27. The molecule has 0 radical (unpaired) electrons. The fourth-order valence-electron chi connectivity index (χ4n) is 3.58. The van der Waals surface area contributed by atoms with E-state index in [1.165, 1.54) is 19.3 Å². The van der Waals surface area contributed by atoms with Crippen molar-refractivity contribution in [1.82, 2.24) is 4.90 Å². The fraction of sp³-hybridized carbons (Fsp3) is 0.556. The molecular formula is C18H22ClN3O. The molecule has 0 unspecified atom stereocenters. The quantitative estimate of drug-likeness (QED) is 0.834. The standard InChI is InChI=1S/C18H22ClN3O/c19-17-12-16(7-6-15(17)13-20)21-8-10-22(11-9-21)18(23)14-4-2-1-3-5-14/h6-7,12,14H,1-5,8-11H2. The van der Waals surface area contributed by atoms with Gasteiger partial charge in [0.15, 0.2) is 0 Å². The molecule has 5 heteroatoms. The molecule has 0 atom stereocenters. The summed E-state index contributed by atoms with van der Waals surface area (Å²) in [6.07, 6.45) is 5.78. The smallest absolute Gasteiger partial charge is 0.225 e. The molecule has 0 spiro atoms. The van der Waals surface area contributed by atoms with Crippen molar-refractivity contribution in [2.24, 2.45) is 5.92 Å². The number of nitrogens with zero attached hydrogens (tertiary/aromatic N) is 3. The molecule has 1 saturated carbocycles. The molecule has 122 valence electrons. The largest absolute Gasteiger partial charge is 0.368 e. The zero-order valence-corrected chi connectivity index (χ0v) is 14.1. The number of amides is 1. The van der Waals surface area contributed by atoms with Crippen molar-refractivity contribution in [3.63, 3.8) is 0 Å². The maximum atomic E-state index is 12.6. The van der Waals surface area contributed by atoms with E-state index < -0.39 is 0 Å². The first kappa shape index (κ1) is 16.1. The minimum Gasteiger partial charge on any atom is -0.368 e. The number of rotatable bonds is 2. The Morgan fingerprint density at radius 1 is 1.13 bits per heavy atom. The summed E-state index contributed by atoms with van der Waals surface area (Å²) >= 11 is 6.12. The van der Waals surface area contributed by atoms with E-state index in [9.17, 15) is 4.79 Å². The van der Waals surface area contributed by atoms with Gasteiger partial charge in [-0.25, -0.2) is 0 Å². The molecule has 1 aliphatic carbocycles. The number of hydrogen-bond acceptors (Lipinski definition) is 3. The molecule has 0 N–H and O–H groups in total. The molecule has 1 heterocycles. The van der Waals surface area contributed by atoms with E-state index in [2.05, 4.69) is 11.0 Å². The second-order valence-electron chi connectivity index (χ2n) is 6.42. The number of halogens is 1. The van der Waals surface area contributed by atoms with Crippen molar-refractivity contribution in [3.8, 4) is 6.07 Å². The van der Waals surface area contributed by atoms with Crippen molar-refractivity contribution in [2.75, 3.05) is 31.1 Å². The van der Waals surface area contributed by atoms with Gasteiger partial charge >= 0.3 is 0 Å². The van der Waals surface area contributed by atoms with Crippen molar-refractivity contribution in [1.29, 1.82) is 5.26 Å². The lowest BCUT2D eigenvalue weighted by molar-refractivity contribution is -0.136. The third kappa shape index (κ3) is 3.61. The van der Waals surface area contributed by atoms with Gasteiger partial charge in [0.25, 0.3) is 0 Å². The number of carbonyl (C=O) groups excluding carboxylic acids is 1. The first-order valence-corrected chi connectivity index (χ1v) is 8.80. The van der Waals surface area contributed by atoms with Gasteiger partial charge in [-0.15, -0.1) is 0 Å². The molecule has 3 rings (SSSR count). The van der Waals surface area contributed by atoms with Crippen LogP contribution in [0.2, 0.25) is 5.02 Å². The van der Waals surface area contributed by atoms with Crippen molar-refractivity contribution in [3.05, 3.63) is 28.8 Å². The minimum atomic E-state index is 0.250. The van der Waals surface area contributed by atoms with E-state index in [1.54, 1.807) is 6.07 Å². The Morgan fingerprint density at radius 2 is 1.83 bits per heavy atom. The van der Waals surface area contributed by atoms with Gasteiger partial charge in [-0.3, -0.25) is 4.79 Å². The highest BCUT2D eigenvalue weighted by Gasteiger charge is 2.28. The highest BCUT2D eigenvalue weighted by atomic mass is 35.5. The normalized spacial score (nSPS) is 19.5. The van der Waals surface area contributed by atoms with E-state index >= 15 is 0 Å². The minimum absolute atomic E-state index is 0.250. The summed E-state index contributed by atoms with van der Waals surface area (Å²) in [7, 11) is 0. The molecule has 23 heavy (non-hydrogen) atoms. The Bertz CT molecular complexity index is 611. The number of anilines is 1. The topological polar surface area (TPSA) is 47.3 Å². The van der Waals surface area contributed by atoms with Crippen molar-refractivity contribution >= 4 is 23.2 Å². The maximum absolute atomic E-state index is 12.6. The Hall–Kier alpha value is -1.73. The lowest BCUT2D eigenvalue weighted by atomic mass is 9.88. The Kier molecular flexibility index (Phi) is 5.07. The second-order valence-corrected chi connectivity index (χ2v) is 6.83. The van der Waals surface area contributed by atoms with Crippen LogP contribution in [0.3, 0.4) is 0 Å². The monoisotopic (exact) mass is 331 g/mol. The van der Waals surface area contributed by atoms with Gasteiger partial charge in [0.2, 0.25) is 5.91 Å². The van der Waals surface area contributed by atoms with E-state index in [1.807, 2.05) is 17.0 Å². The number of benzene rings is 1. The Labute approximate surface area is 142 Å². The van der Waals surface area contributed by atoms with Crippen LogP contribution < -0.4 is 4.90 Å². The van der Waals surface area contributed by atoms with Gasteiger partial charge in [0, 0.05) is 37.8 Å². The number of hydrogen-bond donors (Lipinski definition) is 0. The first-order chi connectivity index (χ1) is 11.2. The predicted octanol–water partition coefficient (Wildman–Crippen LogP) is 3.44. The summed E-state index contributed by atoms with van der Waals surface area (Å²) in [5.74, 6) is 0.599. The molecular weight excluding hydrogens is 310 g/mol. The molecule has 0 bridgehead atoms. The van der Waals surface area contributed by atoms with Gasteiger partial charge in [0.05, 0.1) is 10.6 Å². The Morgan fingerprint density at radius 3 is 2.43 bits per heavy atom. The van der Waals surface area contributed by atoms with Crippen LogP contribution >= 0.6 is 11.6 Å². The zero-order valence-electron chi connectivity index (χ0n) is 13.3. The third-order valence-electron chi connectivity index (χ3n) is 4.98. The lowest BCUT2D eigenvalue weighted by Crippen LogP contribution is -2.50. The average Bonchev–Trinajstić information content (AvgIpc) is 2.62. The van der Waals surface area contributed by atoms with Crippen LogP contribution in [0, 0.1) is 17.2 Å². The number of carbonyl (C=O) groups is 1. The predicted molar refractivity (Wildman–Crippen MR) is 91.5 cm³/mol. The van der Waals surface area contributed by atoms with Crippen LogP contribution in [0.5, 0.6) is 0 Å².